The van der Waals surface area contributed by atoms with E-state index in [1.807, 2.05) is 45.2 Å². The minimum absolute atomic E-state index is 0. The number of nitrogens with zero attached hydrogens (tertiary/aromatic N) is 1. The van der Waals surface area contributed by atoms with Crippen molar-refractivity contribution in [1.29, 1.82) is 0 Å². The number of fused-ring (bicyclic) bond motifs is 2. The van der Waals surface area contributed by atoms with Crippen LogP contribution in [0.4, 0.5) is 0 Å². The maximum Gasteiger partial charge on any atom is 0.162 e. The summed E-state index contributed by atoms with van der Waals surface area (Å²) in [7, 11) is 0. The molecule has 0 saturated heterocycles. The monoisotopic (exact) mass is 853 g/mol. The zero-order valence-corrected chi connectivity index (χ0v) is 34.0. The van der Waals surface area contributed by atoms with Gasteiger partial charge < -0.3 is 5.11 Å². The van der Waals surface area contributed by atoms with Crippen LogP contribution in [0.15, 0.2) is 84.1 Å². The fourth-order valence-corrected chi connectivity index (χ4v) is 7.57. The quantitative estimate of drug-likeness (QED) is 0.0818. The predicted molar refractivity (Wildman–Crippen MR) is 208 cm³/mol. The zero-order chi connectivity index (χ0) is 35.0. The summed E-state index contributed by atoms with van der Waals surface area (Å²) in [6.45, 7) is 19.5. The van der Waals surface area contributed by atoms with Crippen molar-refractivity contribution >= 4 is 38.0 Å². The molecule has 5 aromatic rings. The Morgan fingerprint density at radius 1 is 0.898 bits per heavy atom. The molecular weight excluding hydrogens is 799 g/mol. The van der Waals surface area contributed by atoms with E-state index in [0.717, 1.165) is 48.7 Å². The standard InChI is InChI=1S/C31H30NS.C13H24O2.Ir/c1-20(2)15-24-19-33-30-26(11-8-12-27(24)30)22-13-14-32-29(18-22)23-16-21-9-6-7-10-25(21)28(17-23)31(3,4)5;1-5-10(6-2)12(14)9-13(15)11(7-3)8-4;/h6-14,17-20H,15H2,1-5H3;9-11,14H,5-8H2,1-4H3;/q-1;;/b;12-9-;. The van der Waals surface area contributed by atoms with Gasteiger partial charge in [0.1, 0.15) is 0 Å². The number of thiophene rings is 1. The first-order valence-electron chi connectivity index (χ1n) is 17.8. The second kappa shape index (κ2) is 18.2. The number of allylic oxidation sites excluding steroid dienone is 2. The van der Waals surface area contributed by atoms with E-state index in [4.69, 9.17) is 4.98 Å². The van der Waals surface area contributed by atoms with Gasteiger partial charge in [-0.1, -0.05) is 116 Å². The van der Waals surface area contributed by atoms with Crippen LogP contribution in [0.3, 0.4) is 0 Å². The van der Waals surface area contributed by atoms with Gasteiger partial charge in [0.25, 0.3) is 0 Å². The Morgan fingerprint density at radius 3 is 2.18 bits per heavy atom. The van der Waals surface area contributed by atoms with Gasteiger partial charge in [0, 0.05) is 54.6 Å². The molecule has 0 aliphatic rings. The minimum atomic E-state index is 0. The molecule has 2 heterocycles. The van der Waals surface area contributed by atoms with Gasteiger partial charge in [-0.3, -0.25) is 9.78 Å². The van der Waals surface area contributed by atoms with E-state index < -0.39 is 0 Å². The molecule has 0 atom stereocenters. The van der Waals surface area contributed by atoms with Crippen LogP contribution in [-0.4, -0.2) is 15.9 Å². The van der Waals surface area contributed by atoms with Gasteiger partial charge in [0.15, 0.2) is 5.78 Å². The fraction of sp³-hybridized carbons (Fsp3) is 0.409. The van der Waals surface area contributed by atoms with Gasteiger partial charge in [-0.15, -0.1) is 40.5 Å². The molecule has 0 amide bonds. The fourth-order valence-electron chi connectivity index (χ4n) is 6.45. The summed E-state index contributed by atoms with van der Waals surface area (Å²) in [6.07, 6.45) is 7.96. The molecule has 3 nitrogen and oxygen atoms in total. The summed E-state index contributed by atoms with van der Waals surface area (Å²) < 4.78 is 1.36. The molecule has 0 aliphatic heterocycles. The number of carbonyl (C=O) groups is 1. The van der Waals surface area contributed by atoms with Gasteiger partial charge in [0.05, 0.1) is 5.76 Å². The summed E-state index contributed by atoms with van der Waals surface area (Å²) in [5, 5.41) is 15.9. The number of hydrogen-bond donors (Lipinski definition) is 1. The number of carbonyl (C=O) groups excluding carboxylic acids is 1. The van der Waals surface area contributed by atoms with Crippen LogP contribution < -0.4 is 0 Å². The number of aliphatic hydroxyl groups is 1. The van der Waals surface area contributed by atoms with Crippen LogP contribution in [0.1, 0.15) is 99.1 Å². The maximum atomic E-state index is 11.7. The van der Waals surface area contributed by atoms with Crippen molar-refractivity contribution in [2.75, 3.05) is 0 Å². The first kappa shape index (κ1) is 40.3. The normalized spacial score (nSPS) is 12.0. The number of hydrogen-bond acceptors (Lipinski definition) is 4. The Labute approximate surface area is 312 Å². The molecule has 0 unspecified atom stereocenters. The number of benzene rings is 3. The third kappa shape index (κ3) is 10.00. The van der Waals surface area contributed by atoms with Crippen molar-refractivity contribution in [3.63, 3.8) is 0 Å². The number of rotatable bonds is 11. The molecule has 0 bridgehead atoms. The van der Waals surface area contributed by atoms with E-state index in [1.165, 1.54) is 43.8 Å². The van der Waals surface area contributed by atoms with E-state index in [-0.39, 0.29) is 48.9 Å². The molecule has 263 valence electrons. The minimum Gasteiger partial charge on any atom is -0.512 e. The van der Waals surface area contributed by atoms with E-state index in [0.29, 0.717) is 5.92 Å². The molecular formula is C44H54IrNO2S-. The average molecular weight is 853 g/mol. The van der Waals surface area contributed by atoms with E-state index in [1.54, 1.807) is 0 Å². The van der Waals surface area contributed by atoms with Crippen molar-refractivity contribution in [3.05, 3.63) is 101 Å². The SMILES string of the molecule is CC(C)Cc1csc2c(-c3ccnc(-c4[c-]c5ccccc5c(C(C)(C)C)c4)c3)cccc12.CCC(CC)C(=O)/C=C(\O)C(CC)CC.[Ir]. The summed E-state index contributed by atoms with van der Waals surface area (Å²) in [4.78, 5) is 16.5. The summed E-state index contributed by atoms with van der Waals surface area (Å²) >= 11 is 1.86. The molecule has 1 radical (unpaired) electrons. The van der Waals surface area contributed by atoms with Gasteiger partial charge >= 0.3 is 0 Å². The molecule has 1 N–H and O–H groups in total. The molecule has 3 aromatic carbocycles. The Bertz CT molecular complexity index is 1850. The summed E-state index contributed by atoms with van der Waals surface area (Å²) in [5.41, 5.74) is 7.35. The molecule has 49 heavy (non-hydrogen) atoms. The largest absolute Gasteiger partial charge is 0.512 e. The van der Waals surface area contributed by atoms with Crippen molar-refractivity contribution < 1.29 is 30.0 Å². The Kier molecular flexibility index (Phi) is 15.0. The Hall–Kier alpha value is -3.11. The first-order valence-corrected chi connectivity index (χ1v) is 18.6. The van der Waals surface area contributed by atoms with E-state index in [2.05, 4.69) is 107 Å². The van der Waals surface area contributed by atoms with Crippen molar-refractivity contribution in [2.45, 2.75) is 99.8 Å². The third-order valence-corrected chi connectivity index (χ3v) is 10.4. The molecule has 0 saturated carbocycles. The third-order valence-electron chi connectivity index (χ3n) is 9.32. The van der Waals surface area contributed by atoms with Crippen LogP contribution >= 0.6 is 11.3 Å². The van der Waals surface area contributed by atoms with E-state index >= 15 is 0 Å². The second-order valence-electron chi connectivity index (χ2n) is 14.4. The Balaban J connectivity index is 0.000000347. The van der Waals surface area contributed by atoms with Crippen LogP contribution in [0.25, 0.3) is 43.2 Å². The Morgan fingerprint density at radius 2 is 1.55 bits per heavy atom. The van der Waals surface area contributed by atoms with Crippen molar-refractivity contribution in [2.24, 2.45) is 17.8 Å². The topological polar surface area (TPSA) is 50.2 Å². The molecule has 0 aliphatic carbocycles. The second-order valence-corrected chi connectivity index (χ2v) is 15.2. The number of aliphatic hydroxyl groups excluding tert-OH is 1. The average Bonchev–Trinajstić information content (AvgIpc) is 3.47. The summed E-state index contributed by atoms with van der Waals surface area (Å²) in [6, 6.07) is 25.5. The molecule has 0 fully saturated rings. The van der Waals surface area contributed by atoms with E-state index in [9.17, 15) is 9.90 Å². The molecule has 5 heteroatoms. The number of aromatic nitrogens is 1. The molecule has 2 aromatic heterocycles. The van der Waals surface area contributed by atoms with Gasteiger partial charge in [0.2, 0.25) is 0 Å². The van der Waals surface area contributed by atoms with Gasteiger partial charge in [-0.25, -0.2) is 0 Å². The van der Waals surface area contributed by atoms with Crippen LogP contribution in [0.2, 0.25) is 0 Å². The van der Waals surface area contributed by atoms with Crippen LogP contribution in [-0.2, 0) is 36.7 Å². The zero-order valence-electron chi connectivity index (χ0n) is 30.8. The summed E-state index contributed by atoms with van der Waals surface area (Å²) in [5.74, 6) is 1.20. The van der Waals surface area contributed by atoms with Gasteiger partial charge in [-0.2, -0.15) is 0 Å². The van der Waals surface area contributed by atoms with Crippen LogP contribution in [0, 0.1) is 23.8 Å². The number of ketones is 1. The smallest absolute Gasteiger partial charge is 0.162 e. The van der Waals surface area contributed by atoms with Crippen molar-refractivity contribution in [1.82, 2.24) is 4.98 Å². The predicted octanol–water partition coefficient (Wildman–Crippen LogP) is 12.9. The first-order chi connectivity index (χ1) is 22.9. The maximum absolute atomic E-state index is 11.7. The number of pyridine rings is 1. The molecule has 5 rings (SSSR count). The van der Waals surface area contributed by atoms with Crippen molar-refractivity contribution in [3.8, 4) is 22.4 Å². The van der Waals surface area contributed by atoms with Crippen LogP contribution in [0.5, 0.6) is 0 Å². The molecule has 0 spiro atoms. The van der Waals surface area contributed by atoms with Gasteiger partial charge in [-0.05, 0) is 77.0 Å².